The van der Waals surface area contributed by atoms with Crippen LogP contribution < -0.4 is 11.1 Å². The normalized spacial score (nSPS) is 50.2. The highest BCUT2D eigenvalue weighted by molar-refractivity contribution is 5.71. The van der Waals surface area contributed by atoms with Crippen LogP contribution >= 0.6 is 0 Å². The van der Waals surface area contributed by atoms with Crippen LogP contribution in [0.5, 0.6) is 0 Å². The fourth-order valence-electron chi connectivity index (χ4n) is 9.92. The maximum absolute atomic E-state index is 11.8. The number of fused-ring (bicyclic) bond motifs is 6. The van der Waals surface area contributed by atoms with E-state index in [9.17, 15) is 4.79 Å². The van der Waals surface area contributed by atoms with Crippen molar-refractivity contribution < 1.29 is 14.3 Å². The summed E-state index contributed by atoms with van der Waals surface area (Å²) in [5.41, 5.74) is 9.41. The molecule has 0 bridgehead atoms. The van der Waals surface area contributed by atoms with Crippen LogP contribution in [0, 0.1) is 35.0 Å². The Morgan fingerprint density at radius 3 is 2.85 bits per heavy atom. The topological polar surface area (TPSA) is 73.6 Å². The van der Waals surface area contributed by atoms with Crippen molar-refractivity contribution in [2.75, 3.05) is 13.1 Å². The predicted octanol–water partition coefficient (Wildman–Crippen LogP) is 4.74. The van der Waals surface area contributed by atoms with E-state index in [0.29, 0.717) is 29.4 Å². The van der Waals surface area contributed by atoms with Crippen LogP contribution in [-0.2, 0) is 14.3 Å². The van der Waals surface area contributed by atoms with Crippen molar-refractivity contribution in [3.8, 4) is 0 Å². The van der Waals surface area contributed by atoms with Gasteiger partial charge < -0.3 is 20.5 Å². The summed E-state index contributed by atoms with van der Waals surface area (Å²) >= 11 is 0. The molecule has 1 spiro atoms. The molecule has 0 amide bonds. The summed E-state index contributed by atoms with van der Waals surface area (Å²) in [6.45, 7) is 8.65. The number of rotatable bonds is 2. The first kappa shape index (κ1) is 23.5. The van der Waals surface area contributed by atoms with Crippen molar-refractivity contribution >= 4 is 5.97 Å². The molecule has 0 aromatic carbocycles. The molecule has 0 unspecified atom stereocenters. The number of ether oxygens (including phenoxy) is 2. The minimum atomic E-state index is -0.237. The van der Waals surface area contributed by atoms with Gasteiger partial charge >= 0.3 is 5.97 Å². The second kappa shape index (κ2) is 8.59. The molecule has 3 N–H and O–H groups in total. The first-order chi connectivity index (χ1) is 16.3. The Bertz CT molecular complexity index is 856. The van der Waals surface area contributed by atoms with E-state index in [1.807, 2.05) is 5.57 Å². The minimum Gasteiger partial charge on any atom is -0.461 e. The SMILES string of the molecule is CC1=C2C[C@H]3[C@@H](CC[C@@H]4C[C@H](OC(=O)CN)CC[C@@]43C)[C@@H]2CC[C@@]2(C1)O[C@@H]1CCCN[C@H]1[C@H]2C. The average Bonchev–Trinajstić information content (AvgIpc) is 3.30. The summed E-state index contributed by atoms with van der Waals surface area (Å²) in [6, 6.07) is 0.551. The number of esters is 1. The Morgan fingerprint density at radius 2 is 2.06 bits per heavy atom. The quantitative estimate of drug-likeness (QED) is 0.451. The second-order valence-electron chi connectivity index (χ2n) is 13.1. The van der Waals surface area contributed by atoms with Gasteiger partial charge in [-0.05, 0) is 113 Å². The molecule has 190 valence electrons. The second-order valence-corrected chi connectivity index (χ2v) is 13.1. The number of carbonyl (C=O) groups excluding carboxylic acids is 1. The molecule has 5 fully saturated rings. The molecule has 3 saturated carbocycles. The van der Waals surface area contributed by atoms with Crippen molar-refractivity contribution in [2.45, 2.75) is 115 Å². The molecule has 4 aliphatic carbocycles. The van der Waals surface area contributed by atoms with Gasteiger partial charge in [-0.25, -0.2) is 0 Å². The summed E-state index contributed by atoms with van der Waals surface area (Å²) < 4.78 is 12.7. The Balaban J connectivity index is 1.21. The lowest BCUT2D eigenvalue weighted by atomic mass is 9.52. The minimum absolute atomic E-state index is 0.000373. The molecule has 2 heterocycles. The molecule has 5 heteroatoms. The van der Waals surface area contributed by atoms with E-state index < -0.39 is 0 Å². The highest BCUT2D eigenvalue weighted by atomic mass is 16.5. The first-order valence-electron chi connectivity index (χ1n) is 14.3. The highest BCUT2D eigenvalue weighted by Gasteiger charge is 2.59. The van der Waals surface area contributed by atoms with E-state index in [2.05, 4.69) is 26.1 Å². The third kappa shape index (κ3) is 3.55. The number of allylic oxidation sites excluding steroid dienone is 1. The number of nitrogens with two attached hydrogens (primary N) is 1. The van der Waals surface area contributed by atoms with Crippen LogP contribution in [0.25, 0.3) is 0 Å². The molecule has 0 aromatic rings. The van der Waals surface area contributed by atoms with E-state index in [0.717, 1.165) is 43.6 Å². The monoisotopic (exact) mass is 470 g/mol. The molecule has 0 radical (unpaired) electrons. The van der Waals surface area contributed by atoms with E-state index in [1.54, 1.807) is 5.57 Å². The summed E-state index contributed by atoms with van der Waals surface area (Å²) in [5, 5.41) is 3.81. The smallest absolute Gasteiger partial charge is 0.319 e. The van der Waals surface area contributed by atoms with E-state index in [4.69, 9.17) is 15.2 Å². The fourth-order valence-corrected chi connectivity index (χ4v) is 9.92. The Labute approximate surface area is 206 Å². The molecule has 2 saturated heterocycles. The number of piperidine rings is 1. The van der Waals surface area contributed by atoms with Crippen molar-refractivity contribution in [3.05, 3.63) is 11.1 Å². The summed E-state index contributed by atoms with van der Waals surface area (Å²) in [7, 11) is 0. The van der Waals surface area contributed by atoms with Crippen LogP contribution in [0.4, 0.5) is 0 Å². The molecule has 5 nitrogen and oxygen atoms in total. The zero-order valence-electron chi connectivity index (χ0n) is 21.6. The first-order valence-corrected chi connectivity index (χ1v) is 14.3. The fraction of sp³-hybridized carbons (Fsp3) is 0.897. The van der Waals surface area contributed by atoms with Gasteiger partial charge in [-0.15, -0.1) is 0 Å². The average molecular weight is 471 g/mol. The highest BCUT2D eigenvalue weighted by Crippen LogP contribution is 2.65. The lowest BCUT2D eigenvalue weighted by Crippen LogP contribution is -2.48. The van der Waals surface area contributed by atoms with Gasteiger partial charge in [-0.1, -0.05) is 25.0 Å². The zero-order chi connectivity index (χ0) is 23.7. The van der Waals surface area contributed by atoms with Crippen molar-refractivity contribution in [2.24, 2.45) is 40.7 Å². The van der Waals surface area contributed by atoms with Crippen LogP contribution in [0.1, 0.15) is 91.4 Å². The van der Waals surface area contributed by atoms with Crippen LogP contribution in [0.2, 0.25) is 0 Å². The molecule has 6 rings (SSSR count). The van der Waals surface area contributed by atoms with Gasteiger partial charge in [-0.2, -0.15) is 0 Å². The molecular weight excluding hydrogens is 424 g/mol. The van der Waals surface area contributed by atoms with E-state index in [1.165, 1.54) is 51.4 Å². The number of hydrogen-bond donors (Lipinski definition) is 2. The predicted molar refractivity (Wildman–Crippen MR) is 133 cm³/mol. The molecule has 2 aliphatic heterocycles. The van der Waals surface area contributed by atoms with Crippen LogP contribution in [0.15, 0.2) is 11.1 Å². The maximum Gasteiger partial charge on any atom is 0.319 e. The van der Waals surface area contributed by atoms with Gasteiger partial charge in [-0.3, -0.25) is 4.79 Å². The van der Waals surface area contributed by atoms with Gasteiger partial charge in [0.2, 0.25) is 0 Å². The maximum atomic E-state index is 11.8. The summed E-state index contributed by atoms with van der Waals surface area (Å²) in [6.07, 6.45) is 13.9. The van der Waals surface area contributed by atoms with Crippen molar-refractivity contribution in [1.29, 1.82) is 0 Å². The molecule has 34 heavy (non-hydrogen) atoms. The van der Waals surface area contributed by atoms with Gasteiger partial charge in [0.1, 0.15) is 6.10 Å². The summed E-state index contributed by atoms with van der Waals surface area (Å²) in [4.78, 5) is 11.8. The lowest BCUT2D eigenvalue weighted by molar-refractivity contribution is -0.155. The van der Waals surface area contributed by atoms with E-state index >= 15 is 0 Å². The number of hydrogen-bond acceptors (Lipinski definition) is 5. The third-order valence-corrected chi connectivity index (χ3v) is 11.8. The standard InChI is InChI=1S/C29H46N2O3/c1-17-15-29(18(2)27-25(34-29)5-4-12-31-27)11-9-21-22-7-6-19-13-20(33-26(32)16-30)8-10-28(19,3)24(22)14-23(17)21/h18-22,24-25,27,31H,4-16,30H2,1-3H3/t18-,19-,20-,21+,22+,24+,25-,27+,28+,29+/m1/s1. The Kier molecular flexibility index (Phi) is 5.93. The number of nitrogens with one attached hydrogen (secondary N) is 1. The van der Waals surface area contributed by atoms with Crippen molar-refractivity contribution in [1.82, 2.24) is 5.32 Å². The Hall–Kier alpha value is -0.910. The summed E-state index contributed by atoms with van der Waals surface area (Å²) in [5.74, 6) is 3.44. The lowest BCUT2D eigenvalue weighted by Gasteiger charge is -2.54. The van der Waals surface area contributed by atoms with Gasteiger partial charge in [0.25, 0.3) is 0 Å². The van der Waals surface area contributed by atoms with E-state index in [-0.39, 0.29) is 24.2 Å². The molecular formula is C29H46N2O3. The molecule has 10 atom stereocenters. The largest absolute Gasteiger partial charge is 0.461 e. The number of carbonyl (C=O) groups is 1. The molecule has 0 aromatic heterocycles. The van der Waals surface area contributed by atoms with Crippen LogP contribution in [-0.4, -0.2) is 42.9 Å². The van der Waals surface area contributed by atoms with Gasteiger partial charge in [0.05, 0.1) is 18.2 Å². The van der Waals surface area contributed by atoms with Crippen molar-refractivity contribution in [3.63, 3.8) is 0 Å². The molecule has 6 aliphatic rings. The van der Waals surface area contributed by atoms with Gasteiger partial charge in [0, 0.05) is 12.0 Å². The van der Waals surface area contributed by atoms with Gasteiger partial charge in [0.15, 0.2) is 0 Å². The Morgan fingerprint density at radius 1 is 1.21 bits per heavy atom. The zero-order valence-corrected chi connectivity index (χ0v) is 21.6. The third-order valence-electron chi connectivity index (χ3n) is 11.8. The van der Waals surface area contributed by atoms with Crippen LogP contribution in [0.3, 0.4) is 0 Å².